The molecule has 1 N–H and O–H groups in total. The molecule has 0 fully saturated rings. The Balaban J connectivity index is 2.13. The Hall–Kier alpha value is -0.380. The van der Waals surface area contributed by atoms with Gasteiger partial charge in [-0.3, -0.25) is 0 Å². The molecule has 2 aromatic carbocycles. The summed E-state index contributed by atoms with van der Waals surface area (Å²) >= 11 is 19.8. The Labute approximate surface area is 138 Å². The van der Waals surface area contributed by atoms with Crippen molar-refractivity contribution in [2.75, 3.05) is 6.54 Å². The van der Waals surface area contributed by atoms with E-state index in [4.69, 9.17) is 34.8 Å². The van der Waals surface area contributed by atoms with Gasteiger partial charge in [0.1, 0.15) is 0 Å². The highest BCUT2D eigenvalue weighted by Crippen LogP contribution is 2.34. The van der Waals surface area contributed by atoms with E-state index in [1.165, 1.54) is 0 Å². The highest BCUT2D eigenvalue weighted by Gasteiger charge is 2.05. The van der Waals surface area contributed by atoms with Crippen LogP contribution in [0.2, 0.25) is 15.1 Å². The van der Waals surface area contributed by atoms with E-state index in [9.17, 15) is 0 Å². The molecule has 0 aliphatic rings. The Kier molecular flexibility index (Phi) is 6.06. The van der Waals surface area contributed by atoms with E-state index in [-0.39, 0.29) is 0 Å². The zero-order valence-electron chi connectivity index (χ0n) is 10.9. The van der Waals surface area contributed by atoms with E-state index in [0.29, 0.717) is 10.0 Å². The van der Waals surface area contributed by atoms with E-state index >= 15 is 0 Å². The largest absolute Gasteiger partial charge is 0.313 e. The normalized spacial score (nSPS) is 10.8. The summed E-state index contributed by atoms with van der Waals surface area (Å²) in [6.07, 6.45) is 0. The molecule has 0 bridgehead atoms. The van der Waals surface area contributed by atoms with Crippen molar-refractivity contribution in [3.8, 4) is 0 Å². The van der Waals surface area contributed by atoms with Crippen molar-refractivity contribution in [2.45, 2.75) is 23.3 Å². The maximum atomic E-state index is 6.29. The van der Waals surface area contributed by atoms with Gasteiger partial charge in [0, 0.05) is 21.4 Å². The highest BCUT2D eigenvalue weighted by molar-refractivity contribution is 7.99. The van der Waals surface area contributed by atoms with Crippen molar-refractivity contribution in [1.82, 2.24) is 5.32 Å². The fourth-order valence-corrected chi connectivity index (χ4v) is 3.24. The Morgan fingerprint density at radius 3 is 2.15 bits per heavy atom. The van der Waals surface area contributed by atoms with Gasteiger partial charge in [-0.15, -0.1) is 0 Å². The quantitative estimate of drug-likeness (QED) is 0.722. The summed E-state index contributed by atoms with van der Waals surface area (Å²) in [6.45, 7) is 3.78. The number of rotatable bonds is 5. The molecule has 1 nitrogen and oxygen atoms in total. The van der Waals surface area contributed by atoms with Crippen molar-refractivity contribution in [3.05, 3.63) is 57.0 Å². The minimum Gasteiger partial charge on any atom is -0.313 e. The minimum absolute atomic E-state index is 0.562. The maximum absolute atomic E-state index is 6.29. The molecule has 106 valence electrons. The number of hydrogen-bond acceptors (Lipinski definition) is 2. The summed E-state index contributed by atoms with van der Waals surface area (Å²) in [6, 6.07) is 11.7. The van der Waals surface area contributed by atoms with Crippen LogP contribution >= 0.6 is 46.6 Å². The van der Waals surface area contributed by atoms with E-state index < -0.39 is 0 Å². The lowest BCUT2D eigenvalue weighted by molar-refractivity contribution is 0.726. The van der Waals surface area contributed by atoms with Gasteiger partial charge in [-0.05, 0) is 42.4 Å². The van der Waals surface area contributed by atoms with Gasteiger partial charge >= 0.3 is 0 Å². The van der Waals surface area contributed by atoms with Gasteiger partial charge in [-0.25, -0.2) is 0 Å². The minimum atomic E-state index is 0.562. The van der Waals surface area contributed by atoms with Crippen LogP contribution in [0.1, 0.15) is 12.5 Å². The molecule has 0 saturated carbocycles. The average Bonchev–Trinajstić information content (AvgIpc) is 2.42. The summed E-state index contributed by atoms with van der Waals surface area (Å²) in [5.74, 6) is 0. The molecule has 0 spiro atoms. The predicted octanol–water partition coefficient (Wildman–Crippen LogP) is 5.91. The zero-order valence-corrected chi connectivity index (χ0v) is 14.0. The van der Waals surface area contributed by atoms with Crippen molar-refractivity contribution < 1.29 is 0 Å². The first-order chi connectivity index (χ1) is 9.60. The summed E-state index contributed by atoms with van der Waals surface area (Å²) in [5, 5.41) is 5.17. The third kappa shape index (κ3) is 4.31. The second-order valence-corrected chi connectivity index (χ2v) is 6.58. The van der Waals surface area contributed by atoms with E-state index in [0.717, 1.165) is 33.5 Å². The molecular weight excluding hydrogens is 333 g/mol. The molecule has 0 radical (unpaired) electrons. The number of benzene rings is 2. The van der Waals surface area contributed by atoms with Crippen molar-refractivity contribution in [3.63, 3.8) is 0 Å². The lowest BCUT2D eigenvalue weighted by Crippen LogP contribution is -2.11. The Morgan fingerprint density at radius 2 is 1.55 bits per heavy atom. The third-order valence-electron chi connectivity index (χ3n) is 2.72. The summed E-state index contributed by atoms with van der Waals surface area (Å²) in [4.78, 5) is 2.11. The molecule has 0 aromatic heterocycles. The molecule has 0 aliphatic carbocycles. The van der Waals surface area contributed by atoms with Gasteiger partial charge in [0.2, 0.25) is 0 Å². The van der Waals surface area contributed by atoms with Crippen LogP contribution in [0.5, 0.6) is 0 Å². The predicted molar refractivity (Wildman–Crippen MR) is 89.4 cm³/mol. The van der Waals surface area contributed by atoms with Crippen LogP contribution in [0, 0.1) is 0 Å². The second-order valence-electron chi connectivity index (χ2n) is 4.21. The van der Waals surface area contributed by atoms with E-state index in [1.807, 2.05) is 24.3 Å². The molecule has 0 unspecified atom stereocenters. The molecular formula is C15H14Cl3NS. The number of hydrogen-bond donors (Lipinski definition) is 1. The molecule has 2 aromatic rings. The van der Waals surface area contributed by atoms with Gasteiger partial charge in [0.15, 0.2) is 0 Å². The fourth-order valence-electron chi connectivity index (χ4n) is 1.67. The van der Waals surface area contributed by atoms with Crippen molar-refractivity contribution in [2.24, 2.45) is 0 Å². The first kappa shape index (κ1) is 16.0. The topological polar surface area (TPSA) is 12.0 Å². The van der Waals surface area contributed by atoms with E-state index in [2.05, 4.69) is 18.3 Å². The lowest BCUT2D eigenvalue weighted by atomic mass is 10.2. The number of halogens is 3. The van der Waals surface area contributed by atoms with Gasteiger partial charge < -0.3 is 5.32 Å². The fraction of sp³-hybridized carbons (Fsp3) is 0.200. The molecule has 2 rings (SSSR count). The molecule has 0 saturated heterocycles. The first-order valence-corrected chi connectivity index (χ1v) is 8.17. The van der Waals surface area contributed by atoms with Gasteiger partial charge in [0.25, 0.3) is 0 Å². The third-order valence-corrected chi connectivity index (χ3v) is 4.79. The number of nitrogens with one attached hydrogen (secondary N) is 1. The van der Waals surface area contributed by atoms with Gasteiger partial charge in [-0.1, -0.05) is 59.6 Å². The summed E-state index contributed by atoms with van der Waals surface area (Å²) < 4.78 is 0. The zero-order chi connectivity index (χ0) is 14.5. The summed E-state index contributed by atoms with van der Waals surface area (Å²) in [7, 11) is 0. The Morgan fingerprint density at radius 1 is 0.900 bits per heavy atom. The molecule has 0 aliphatic heterocycles. The van der Waals surface area contributed by atoms with Crippen LogP contribution in [0.25, 0.3) is 0 Å². The van der Waals surface area contributed by atoms with Crippen LogP contribution in [0.3, 0.4) is 0 Å². The average molecular weight is 347 g/mol. The van der Waals surface area contributed by atoms with Crippen LogP contribution in [0.15, 0.2) is 46.2 Å². The molecule has 0 heterocycles. The standard InChI is InChI=1S/C15H14Cl3NS/c1-2-19-9-10-3-4-11(7-14(10)17)20-12-5-6-13(16)15(18)8-12/h3-8,19H,2,9H2,1H3. The molecule has 0 atom stereocenters. The van der Waals surface area contributed by atoms with Gasteiger partial charge in [0.05, 0.1) is 10.0 Å². The molecule has 0 amide bonds. The summed E-state index contributed by atoms with van der Waals surface area (Å²) in [5.41, 5.74) is 1.10. The van der Waals surface area contributed by atoms with Crippen LogP contribution < -0.4 is 5.32 Å². The second kappa shape index (κ2) is 7.58. The smallest absolute Gasteiger partial charge is 0.0603 e. The van der Waals surface area contributed by atoms with Gasteiger partial charge in [-0.2, -0.15) is 0 Å². The van der Waals surface area contributed by atoms with Crippen molar-refractivity contribution >= 4 is 46.6 Å². The maximum Gasteiger partial charge on any atom is 0.0603 e. The first-order valence-electron chi connectivity index (χ1n) is 6.22. The monoisotopic (exact) mass is 345 g/mol. The lowest BCUT2D eigenvalue weighted by Gasteiger charge is -2.08. The molecule has 20 heavy (non-hydrogen) atoms. The Bertz CT molecular complexity index is 602. The van der Waals surface area contributed by atoms with Crippen LogP contribution in [-0.2, 0) is 6.54 Å². The SMILES string of the molecule is CCNCc1ccc(Sc2ccc(Cl)c(Cl)c2)cc1Cl. The van der Waals surface area contributed by atoms with Crippen molar-refractivity contribution in [1.29, 1.82) is 0 Å². The molecule has 5 heteroatoms. The van der Waals surface area contributed by atoms with Crippen LogP contribution in [-0.4, -0.2) is 6.54 Å². The van der Waals surface area contributed by atoms with E-state index in [1.54, 1.807) is 17.8 Å². The van der Waals surface area contributed by atoms with Crippen LogP contribution in [0.4, 0.5) is 0 Å². The highest BCUT2D eigenvalue weighted by atomic mass is 35.5.